The van der Waals surface area contributed by atoms with Gasteiger partial charge in [0.25, 0.3) is 0 Å². The van der Waals surface area contributed by atoms with Crippen molar-refractivity contribution in [3.63, 3.8) is 0 Å². The molecule has 84 valence electrons. The van der Waals surface area contributed by atoms with E-state index in [1.807, 2.05) is 37.3 Å². The van der Waals surface area contributed by atoms with Crippen LogP contribution in [0, 0.1) is 0 Å². The fourth-order valence-electron chi connectivity index (χ4n) is 1.03. The molecule has 15 heavy (non-hydrogen) atoms. The highest BCUT2D eigenvalue weighted by Crippen LogP contribution is 2.04. The fourth-order valence-corrected chi connectivity index (χ4v) is 1.03. The number of hydrogen-bond donors (Lipinski definition) is 2. The lowest BCUT2D eigenvalue weighted by Gasteiger charge is -2.11. The van der Waals surface area contributed by atoms with Crippen LogP contribution in [0.1, 0.15) is 6.92 Å². The topological polar surface area (TPSA) is 50.7 Å². The van der Waals surface area contributed by atoms with E-state index in [9.17, 15) is 5.11 Å². The van der Waals surface area contributed by atoms with Crippen molar-refractivity contribution in [3.8, 4) is 0 Å². The van der Waals surface area contributed by atoms with Crippen LogP contribution in [-0.2, 0) is 9.57 Å². The summed E-state index contributed by atoms with van der Waals surface area (Å²) >= 11 is 0. The highest BCUT2D eigenvalue weighted by molar-refractivity contribution is 5.39. The Morgan fingerprint density at radius 2 is 2.00 bits per heavy atom. The molecule has 0 spiro atoms. The zero-order valence-electron chi connectivity index (χ0n) is 8.85. The van der Waals surface area contributed by atoms with Gasteiger partial charge in [-0.05, 0) is 19.1 Å². The van der Waals surface area contributed by atoms with E-state index in [1.165, 1.54) is 0 Å². The van der Waals surface area contributed by atoms with Crippen molar-refractivity contribution < 1.29 is 14.7 Å². The third-order valence-electron chi connectivity index (χ3n) is 1.75. The molecular formula is C11H17NO3. The van der Waals surface area contributed by atoms with Crippen molar-refractivity contribution in [2.24, 2.45) is 0 Å². The first kappa shape index (κ1) is 12.0. The van der Waals surface area contributed by atoms with Gasteiger partial charge in [-0.2, -0.15) is 0 Å². The smallest absolute Gasteiger partial charge is 0.103 e. The number of benzene rings is 1. The summed E-state index contributed by atoms with van der Waals surface area (Å²) < 4.78 is 5.04. The van der Waals surface area contributed by atoms with Crippen LogP contribution in [0.2, 0.25) is 0 Å². The third-order valence-corrected chi connectivity index (χ3v) is 1.75. The summed E-state index contributed by atoms with van der Waals surface area (Å²) in [5.41, 5.74) is 3.60. The third kappa shape index (κ3) is 5.37. The number of para-hydroxylation sites is 1. The summed E-state index contributed by atoms with van der Waals surface area (Å²) in [6, 6.07) is 9.50. The Hall–Kier alpha value is -1.10. The number of rotatable bonds is 7. The lowest BCUT2D eigenvalue weighted by molar-refractivity contribution is -0.00318. The van der Waals surface area contributed by atoms with Gasteiger partial charge in [0.05, 0.1) is 12.3 Å². The molecule has 1 unspecified atom stereocenters. The minimum Gasteiger partial charge on any atom is -0.388 e. The Kier molecular flexibility index (Phi) is 5.77. The molecule has 0 heterocycles. The molecule has 4 nitrogen and oxygen atoms in total. The first-order chi connectivity index (χ1) is 7.33. The van der Waals surface area contributed by atoms with E-state index in [1.54, 1.807) is 0 Å². The SMILES string of the molecule is CCOCC(O)CONc1ccccc1. The van der Waals surface area contributed by atoms with E-state index in [0.717, 1.165) is 5.69 Å². The predicted octanol–water partition coefficient (Wildman–Crippen LogP) is 1.43. The van der Waals surface area contributed by atoms with Crippen molar-refractivity contribution >= 4 is 5.69 Å². The number of anilines is 1. The molecule has 0 amide bonds. The normalized spacial score (nSPS) is 12.4. The second kappa shape index (κ2) is 7.23. The molecule has 0 radical (unpaired) electrons. The van der Waals surface area contributed by atoms with E-state index in [4.69, 9.17) is 9.57 Å². The van der Waals surface area contributed by atoms with E-state index < -0.39 is 6.10 Å². The van der Waals surface area contributed by atoms with E-state index in [2.05, 4.69) is 5.48 Å². The Labute approximate surface area is 89.8 Å². The average Bonchev–Trinajstić information content (AvgIpc) is 2.28. The highest BCUT2D eigenvalue weighted by atomic mass is 16.7. The van der Waals surface area contributed by atoms with Gasteiger partial charge in [0.2, 0.25) is 0 Å². The Balaban J connectivity index is 2.11. The van der Waals surface area contributed by atoms with Crippen molar-refractivity contribution in [1.82, 2.24) is 0 Å². The molecule has 0 fully saturated rings. The zero-order chi connectivity index (χ0) is 10.9. The molecular weight excluding hydrogens is 194 g/mol. The first-order valence-electron chi connectivity index (χ1n) is 5.01. The molecule has 0 saturated carbocycles. The molecule has 1 aromatic rings. The van der Waals surface area contributed by atoms with Gasteiger partial charge in [0, 0.05) is 6.61 Å². The van der Waals surface area contributed by atoms with Gasteiger partial charge >= 0.3 is 0 Å². The van der Waals surface area contributed by atoms with Gasteiger partial charge in [-0.1, -0.05) is 18.2 Å². The standard InChI is InChI=1S/C11H17NO3/c1-2-14-8-11(13)9-15-12-10-6-4-3-5-7-10/h3-7,11-13H,2,8-9H2,1H3. The molecule has 0 aliphatic rings. The maximum Gasteiger partial charge on any atom is 0.103 e. The molecule has 1 atom stereocenters. The molecule has 0 aliphatic heterocycles. The number of hydrogen-bond acceptors (Lipinski definition) is 4. The van der Waals surface area contributed by atoms with Crippen molar-refractivity contribution in [2.75, 3.05) is 25.3 Å². The minimum absolute atomic E-state index is 0.203. The zero-order valence-corrected chi connectivity index (χ0v) is 8.85. The molecule has 1 aromatic carbocycles. The largest absolute Gasteiger partial charge is 0.388 e. The average molecular weight is 211 g/mol. The molecule has 0 saturated heterocycles. The monoisotopic (exact) mass is 211 g/mol. The molecule has 0 bridgehead atoms. The Bertz CT molecular complexity index is 253. The van der Waals surface area contributed by atoms with Crippen molar-refractivity contribution in [2.45, 2.75) is 13.0 Å². The Morgan fingerprint density at radius 3 is 2.67 bits per heavy atom. The van der Waals surface area contributed by atoms with Crippen LogP contribution in [0.5, 0.6) is 0 Å². The van der Waals surface area contributed by atoms with Gasteiger partial charge in [0.15, 0.2) is 0 Å². The van der Waals surface area contributed by atoms with E-state index >= 15 is 0 Å². The second-order valence-corrected chi connectivity index (χ2v) is 3.09. The summed E-state index contributed by atoms with van der Waals surface area (Å²) in [7, 11) is 0. The quantitative estimate of drug-likeness (QED) is 0.670. The molecule has 4 heteroatoms. The number of ether oxygens (including phenoxy) is 1. The number of nitrogens with one attached hydrogen (secondary N) is 1. The highest BCUT2D eigenvalue weighted by Gasteiger charge is 2.03. The van der Waals surface area contributed by atoms with Crippen LogP contribution in [0.4, 0.5) is 5.69 Å². The van der Waals surface area contributed by atoms with Gasteiger partial charge in [-0.3, -0.25) is 10.3 Å². The second-order valence-electron chi connectivity index (χ2n) is 3.09. The summed E-state index contributed by atoms with van der Waals surface area (Å²) in [5.74, 6) is 0. The number of aliphatic hydroxyl groups excluding tert-OH is 1. The van der Waals surface area contributed by atoms with Gasteiger partial charge in [0.1, 0.15) is 12.7 Å². The maximum atomic E-state index is 9.37. The minimum atomic E-state index is -0.596. The fraction of sp³-hybridized carbons (Fsp3) is 0.455. The van der Waals surface area contributed by atoms with Crippen LogP contribution in [0.25, 0.3) is 0 Å². The Morgan fingerprint density at radius 1 is 1.27 bits per heavy atom. The van der Waals surface area contributed by atoms with Crippen molar-refractivity contribution in [1.29, 1.82) is 0 Å². The van der Waals surface area contributed by atoms with Gasteiger partial charge < -0.3 is 9.84 Å². The van der Waals surface area contributed by atoms with E-state index in [0.29, 0.717) is 13.2 Å². The molecule has 0 aromatic heterocycles. The van der Waals surface area contributed by atoms with Crippen LogP contribution in [0.3, 0.4) is 0 Å². The van der Waals surface area contributed by atoms with Crippen LogP contribution in [-0.4, -0.2) is 31.0 Å². The van der Waals surface area contributed by atoms with Crippen LogP contribution >= 0.6 is 0 Å². The van der Waals surface area contributed by atoms with Gasteiger partial charge in [-0.25, -0.2) is 0 Å². The first-order valence-corrected chi connectivity index (χ1v) is 5.01. The lowest BCUT2D eigenvalue weighted by atomic mass is 10.3. The summed E-state index contributed by atoms with van der Waals surface area (Å²) in [6.45, 7) is 2.99. The van der Waals surface area contributed by atoms with Crippen LogP contribution < -0.4 is 5.48 Å². The molecule has 2 N–H and O–H groups in total. The molecule has 0 aliphatic carbocycles. The summed E-state index contributed by atoms with van der Waals surface area (Å²) in [5, 5.41) is 9.37. The van der Waals surface area contributed by atoms with Crippen LogP contribution in [0.15, 0.2) is 30.3 Å². The van der Waals surface area contributed by atoms with E-state index in [-0.39, 0.29) is 6.61 Å². The van der Waals surface area contributed by atoms with Crippen molar-refractivity contribution in [3.05, 3.63) is 30.3 Å². The lowest BCUT2D eigenvalue weighted by Crippen LogP contribution is -2.23. The summed E-state index contributed by atoms with van der Waals surface area (Å²) in [4.78, 5) is 5.10. The molecule has 1 rings (SSSR count). The maximum absolute atomic E-state index is 9.37. The number of aliphatic hydroxyl groups is 1. The van der Waals surface area contributed by atoms with Gasteiger partial charge in [-0.15, -0.1) is 0 Å². The predicted molar refractivity (Wildman–Crippen MR) is 58.5 cm³/mol. The summed E-state index contributed by atoms with van der Waals surface area (Å²) in [6.07, 6.45) is -0.596.